The number of thiazole rings is 1. The largest absolute Gasteiger partial charge is 0.471 e. The van der Waals surface area contributed by atoms with Crippen molar-refractivity contribution >= 4 is 22.4 Å². The molecule has 1 aliphatic heterocycles. The first-order valence-electron chi connectivity index (χ1n) is 4.48. The molecule has 0 bridgehead atoms. The maximum Gasteiger partial charge on any atom is 0.471 e. The molecule has 0 unspecified atom stereocenters. The first kappa shape index (κ1) is 11.2. The molecule has 1 aliphatic rings. The Kier molecular flexibility index (Phi) is 2.53. The van der Waals surface area contributed by atoms with Crippen molar-refractivity contribution in [2.75, 3.05) is 12.3 Å². The second-order valence-corrected chi connectivity index (χ2v) is 4.51. The molecule has 0 fully saturated rings. The van der Waals surface area contributed by atoms with Gasteiger partial charge in [-0.05, 0) is 0 Å². The molecule has 1 aromatic rings. The average molecular weight is 251 g/mol. The summed E-state index contributed by atoms with van der Waals surface area (Å²) in [5.74, 6) is -1.80. The van der Waals surface area contributed by atoms with Gasteiger partial charge in [0.15, 0.2) is 5.13 Å². The fourth-order valence-electron chi connectivity index (χ4n) is 1.57. The molecule has 88 valence electrons. The summed E-state index contributed by atoms with van der Waals surface area (Å²) in [7, 11) is 0. The number of aromatic nitrogens is 1. The molecule has 0 saturated carbocycles. The molecule has 2 heterocycles. The van der Waals surface area contributed by atoms with Crippen LogP contribution in [-0.2, 0) is 17.8 Å². The van der Waals surface area contributed by atoms with Crippen LogP contribution in [0, 0.1) is 0 Å². The Labute approximate surface area is 92.9 Å². The van der Waals surface area contributed by atoms with E-state index in [1.807, 2.05) is 0 Å². The normalized spacial score (nSPS) is 16.1. The minimum Gasteiger partial charge on any atom is -0.375 e. The van der Waals surface area contributed by atoms with Gasteiger partial charge >= 0.3 is 12.1 Å². The van der Waals surface area contributed by atoms with Crippen LogP contribution in [0.25, 0.3) is 0 Å². The van der Waals surface area contributed by atoms with E-state index in [1.54, 1.807) is 0 Å². The molecule has 2 N–H and O–H groups in total. The first-order chi connectivity index (χ1) is 7.38. The number of fused-ring (bicyclic) bond motifs is 1. The molecule has 0 spiro atoms. The summed E-state index contributed by atoms with van der Waals surface area (Å²) >= 11 is 1.13. The van der Waals surface area contributed by atoms with Crippen molar-refractivity contribution in [1.29, 1.82) is 0 Å². The number of halogens is 3. The van der Waals surface area contributed by atoms with Gasteiger partial charge in [-0.25, -0.2) is 4.98 Å². The maximum absolute atomic E-state index is 12.2. The lowest BCUT2D eigenvalue weighted by atomic mass is 10.2. The van der Waals surface area contributed by atoms with E-state index in [4.69, 9.17) is 5.73 Å². The monoisotopic (exact) mass is 251 g/mol. The van der Waals surface area contributed by atoms with Crippen molar-refractivity contribution < 1.29 is 18.0 Å². The standard InChI is InChI=1S/C8H8F3N3OS/c9-8(10,11)6(15)14-2-1-4-5(3-14)16-7(12)13-4/h1-3H2,(H2,12,13). The number of carbonyl (C=O) groups is 1. The van der Waals surface area contributed by atoms with Gasteiger partial charge in [-0.1, -0.05) is 0 Å². The smallest absolute Gasteiger partial charge is 0.375 e. The van der Waals surface area contributed by atoms with Gasteiger partial charge in [0.25, 0.3) is 0 Å². The lowest BCUT2D eigenvalue weighted by Gasteiger charge is -2.26. The predicted molar refractivity (Wildman–Crippen MR) is 51.7 cm³/mol. The summed E-state index contributed by atoms with van der Waals surface area (Å²) in [6.45, 7) is -0.0168. The minimum absolute atomic E-state index is 0.0362. The predicted octanol–water partition coefficient (Wildman–Crippen LogP) is 1.17. The highest BCUT2D eigenvalue weighted by molar-refractivity contribution is 7.15. The van der Waals surface area contributed by atoms with Crippen molar-refractivity contribution in [2.45, 2.75) is 19.1 Å². The van der Waals surface area contributed by atoms with Crippen molar-refractivity contribution in [3.05, 3.63) is 10.6 Å². The number of amides is 1. The molecular formula is C8H8F3N3OS. The van der Waals surface area contributed by atoms with Crippen LogP contribution in [0.3, 0.4) is 0 Å². The van der Waals surface area contributed by atoms with Gasteiger partial charge in [0.05, 0.1) is 12.2 Å². The highest BCUT2D eigenvalue weighted by atomic mass is 32.1. The van der Waals surface area contributed by atoms with Gasteiger partial charge in [-0.3, -0.25) is 4.79 Å². The van der Waals surface area contributed by atoms with E-state index in [0.29, 0.717) is 22.1 Å². The summed E-state index contributed by atoms with van der Waals surface area (Å²) in [4.78, 5) is 16.4. The number of rotatable bonds is 0. The zero-order valence-corrected chi connectivity index (χ0v) is 8.86. The lowest BCUT2D eigenvalue weighted by molar-refractivity contribution is -0.186. The molecule has 4 nitrogen and oxygen atoms in total. The zero-order chi connectivity index (χ0) is 11.9. The number of carbonyl (C=O) groups excluding carboxylic acids is 1. The van der Waals surface area contributed by atoms with Gasteiger partial charge in [0.2, 0.25) is 0 Å². The van der Waals surface area contributed by atoms with Gasteiger partial charge in [0, 0.05) is 17.8 Å². The van der Waals surface area contributed by atoms with E-state index in [-0.39, 0.29) is 13.1 Å². The van der Waals surface area contributed by atoms with Crippen molar-refractivity contribution in [1.82, 2.24) is 9.88 Å². The highest BCUT2D eigenvalue weighted by Gasteiger charge is 2.43. The number of anilines is 1. The van der Waals surface area contributed by atoms with Crippen LogP contribution in [0.1, 0.15) is 10.6 Å². The Hall–Kier alpha value is -1.31. The van der Waals surface area contributed by atoms with Crippen molar-refractivity contribution in [3.63, 3.8) is 0 Å². The minimum atomic E-state index is -4.81. The molecule has 8 heteroatoms. The summed E-state index contributed by atoms with van der Waals surface area (Å²) in [5.41, 5.74) is 6.15. The molecule has 2 rings (SSSR count). The molecule has 0 aromatic carbocycles. The lowest BCUT2D eigenvalue weighted by Crippen LogP contribution is -2.43. The van der Waals surface area contributed by atoms with Crippen LogP contribution >= 0.6 is 11.3 Å². The Bertz CT molecular complexity index is 429. The first-order valence-corrected chi connectivity index (χ1v) is 5.29. The van der Waals surface area contributed by atoms with Gasteiger partial charge < -0.3 is 10.6 Å². The van der Waals surface area contributed by atoms with E-state index in [2.05, 4.69) is 4.98 Å². The van der Waals surface area contributed by atoms with E-state index < -0.39 is 12.1 Å². The number of hydrogen-bond donors (Lipinski definition) is 1. The number of nitrogens with zero attached hydrogens (tertiary/aromatic N) is 2. The molecule has 1 amide bonds. The highest BCUT2D eigenvalue weighted by Crippen LogP contribution is 2.29. The number of hydrogen-bond acceptors (Lipinski definition) is 4. The third kappa shape index (κ3) is 1.97. The summed E-state index contributed by atoms with van der Waals surface area (Å²) < 4.78 is 36.6. The van der Waals surface area contributed by atoms with Crippen LogP contribution < -0.4 is 5.73 Å². The maximum atomic E-state index is 12.2. The van der Waals surface area contributed by atoms with Crippen molar-refractivity contribution in [3.8, 4) is 0 Å². The number of alkyl halides is 3. The number of nitrogens with two attached hydrogens (primary N) is 1. The molecule has 16 heavy (non-hydrogen) atoms. The zero-order valence-electron chi connectivity index (χ0n) is 8.04. The van der Waals surface area contributed by atoms with Crippen LogP contribution in [0.4, 0.5) is 18.3 Å². The van der Waals surface area contributed by atoms with E-state index in [0.717, 1.165) is 16.2 Å². The fraction of sp³-hybridized carbons (Fsp3) is 0.500. The summed E-state index contributed by atoms with van der Waals surface area (Å²) in [6.07, 6.45) is -4.49. The second-order valence-electron chi connectivity index (χ2n) is 3.40. The molecular weight excluding hydrogens is 243 g/mol. The third-order valence-corrected chi connectivity index (χ3v) is 3.19. The van der Waals surface area contributed by atoms with Crippen LogP contribution in [0.5, 0.6) is 0 Å². The molecule has 0 atom stereocenters. The summed E-state index contributed by atoms with van der Waals surface area (Å²) in [6, 6.07) is 0. The Morgan fingerprint density at radius 2 is 2.19 bits per heavy atom. The van der Waals surface area contributed by atoms with E-state index >= 15 is 0 Å². The molecule has 1 aromatic heterocycles. The second kappa shape index (κ2) is 3.62. The van der Waals surface area contributed by atoms with Gasteiger partial charge in [-0.2, -0.15) is 13.2 Å². The Morgan fingerprint density at radius 3 is 2.81 bits per heavy atom. The Balaban J connectivity index is 2.17. The van der Waals surface area contributed by atoms with E-state index in [1.165, 1.54) is 0 Å². The molecule has 0 radical (unpaired) electrons. The van der Waals surface area contributed by atoms with Crippen LogP contribution in [0.15, 0.2) is 0 Å². The SMILES string of the molecule is Nc1nc2c(s1)CN(C(=O)C(F)(F)F)CC2. The quantitative estimate of drug-likeness (QED) is 0.753. The van der Waals surface area contributed by atoms with Crippen LogP contribution in [-0.4, -0.2) is 28.5 Å². The fourth-order valence-corrected chi connectivity index (χ4v) is 2.46. The summed E-state index contributed by atoms with van der Waals surface area (Å²) in [5, 5.41) is 0.325. The van der Waals surface area contributed by atoms with E-state index in [9.17, 15) is 18.0 Å². The average Bonchev–Trinajstić information content (AvgIpc) is 2.54. The van der Waals surface area contributed by atoms with Crippen molar-refractivity contribution in [2.24, 2.45) is 0 Å². The Morgan fingerprint density at radius 1 is 1.50 bits per heavy atom. The topological polar surface area (TPSA) is 59.2 Å². The molecule has 0 saturated heterocycles. The van der Waals surface area contributed by atoms with Crippen LogP contribution in [0.2, 0.25) is 0 Å². The number of nitrogen functional groups attached to an aromatic ring is 1. The van der Waals surface area contributed by atoms with Gasteiger partial charge in [0.1, 0.15) is 0 Å². The third-order valence-electron chi connectivity index (χ3n) is 2.28. The molecule has 0 aliphatic carbocycles. The van der Waals surface area contributed by atoms with Gasteiger partial charge in [-0.15, -0.1) is 11.3 Å².